The highest BCUT2D eigenvalue weighted by molar-refractivity contribution is 5.91. The van der Waals surface area contributed by atoms with Gasteiger partial charge in [0, 0.05) is 26.5 Å². The summed E-state index contributed by atoms with van der Waals surface area (Å²) in [6.07, 6.45) is 4.93. The van der Waals surface area contributed by atoms with Crippen LogP contribution >= 0.6 is 0 Å². The highest BCUT2D eigenvalue weighted by Crippen LogP contribution is 2.14. The Labute approximate surface area is 142 Å². The standard InChI is InChI=1S/C18H16N4O3/c1-20(2)22-8-6-16-14(18(22)24)10-13-15(19-16)5-7-21(17(13)23)11-12-4-3-9-25-12/h3-10H,11H2,1-2H3. The average molecular weight is 336 g/mol. The molecule has 0 spiro atoms. The lowest BCUT2D eigenvalue weighted by Crippen LogP contribution is -2.35. The van der Waals surface area contributed by atoms with Crippen molar-refractivity contribution < 1.29 is 4.42 Å². The maximum absolute atomic E-state index is 12.8. The number of hydrogen-bond donors (Lipinski definition) is 0. The van der Waals surface area contributed by atoms with Crippen molar-refractivity contribution in [2.75, 3.05) is 19.1 Å². The van der Waals surface area contributed by atoms with E-state index in [4.69, 9.17) is 4.42 Å². The first kappa shape index (κ1) is 15.2. The van der Waals surface area contributed by atoms with Gasteiger partial charge in [0.2, 0.25) is 0 Å². The SMILES string of the molecule is CN(C)n1ccc2nc3ccn(Cc4ccco4)c(=O)c3cc2c1=O. The molecule has 0 aliphatic carbocycles. The molecule has 0 amide bonds. The van der Waals surface area contributed by atoms with E-state index in [1.807, 2.05) is 6.07 Å². The van der Waals surface area contributed by atoms with E-state index >= 15 is 0 Å². The second-order valence-electron chi connectivity index (χ2n) is 5.99. The van der Waals surface area contributed by atoms with Gasteiger partial charge in [-0.3, -0.25) is 9.59 Å². The zero-order chi connectivity index (χ0) is 17.6. The molecule has 0 atom stereocenters. The second-order valence-corrected chi connectivity index (χ2v) is 5.99. The van der Waals surface area contributed by atoms with E-state index in [2.05, 4.69) is 4.98 Å². The van der Waals surface area contributed by atoms with Gasteiger partial charge in [-0.25, -0.2) is 9.66 Å². The average Bonchev–Trinajstić information content (AvgIpc) is 3.09. The van der Waals surface area contributed by atoms with Crippen molar-refractivity contribution in [3.05, 3.63) is 75.5 Å². The van der Waals surface area contributed by atoms with Crippen molar-refractivity contribution in [1.29, 1.82) is 0 Å². The molecule has 0 bridgehead atoms. The van der Waals surface area contributed by atoms with Crippen molar-refractivity contribution in [2.24, 2.45) is 0 Å². The summed E-state index contributed by atoms with van der Waals surface area (Å²) in [5.74, 6) is 0.685. The number of nitrogens with zero attached hydrogens (tertiary/aromatic N) is 4. The summed E-state index contributed by atoms with van der Waals surface area (Å²) in [5.41, 5.74) is 0.717. The lowest BCUT2D eigenvalue weighted by atomic mass is 10.2. The van der Waals surface area contributed by atoms with Crippen LogP contribution in [0, 0.1) is 0 Å². The molecule has 126 valence electrons. The predicted molar refractivity (Wildman–Crippen MR) is 95.6 cm³/mol. The van der Waals surface area contributed by atoms with E-state index in [1.165, 1.54) is 4.68 Å². The van der Waals surface area contributed by atoms with Crippen LogP contribution in [0.5, 0.6) is 0 Å². The van der Waals surface area contributed by atoms with Gasteiger partial charge in [0.05, 0.1) is 34.6 Å². The fourth-order valence-corrected chi connectivity index (χ4v) is 2.86. The number of furan rings is 1. The minimum atomic E-state index is -0.210. The molecule has 0 saturated carbocycles. The van der Waals surface area contributed by atoms with Crippen molar-refractivity contribution in [1.82, 2.24) is 14.2 Å². The number of pyridine rings is 3. The minimum absolute atomic E-state index is 0.206. The van der Waals surface area contributed by atoms with Crippen LogP contribution in [-0.4, -0.2) is 28.3 Å². The Morgan fingerprint density at radius 2 is 1.76 bits per heavy atom. The summed E-state index contributed by atoms with van der Waals surface area (Å²) in [6, 6.07) is 8.76. The van der Waals surface area contributed by atoms with Gasteiger partial charge < -0.3 is 14.0 Å². The van der Waals surface area contributed by atoms with Crippen LogP contribution in [0.3, 0.4) is 0 Å². The molecule has 4 heterocycles. The Bertz CT molecular complexity index is 1190. The van der Waals surface area contributed by atoms with Crippen molar-refractivity contribution >= 4 is 21.8 Å². The van der Waals surface area contributed by atoms with Crippen LogP contribution in [0.1, 0.15) is 5.76 Å². The Morgan fingerprint density at radius 3 is 2.44 bits per heavy atom. The number of aromatic nitrogens is 3. The third-order valence-electron chi connectivity index (χ3n) is 4.13. The molecule has 0 fully saturated rings. The third-order valence-corrected chi connectivity index (χ3v) is 4.13. The summed E-state index contributed by atoms with van der Waals surface area (Å²) in [6.45, 7) is 0.330. The summed E-state index contributed by atoms with van der Waals surface area (Å²) in [5, 5.41) is 2.50. The Morgan fingerprint density at radius 1 is 1.04 bits per heavy atom. The van der Waals surface area contributed by atoms with Gasteiger partial charge in [-0.05, 0) is 30.3 Å². The normalized spacial score (nSPS) is 11.3. The zero-order valence-corrected chi connectivity index (χ0v) is 13.8. The van der Waals surface area contributed by atoms with Crippen LogP contribution in [-0.2, 0) is 6.54 Å². The summed E-state index contributed by atoms with van der Waals surface area (Å²) in [4.78, 5) is 29.9. The molecule has 4 rings (SSSR count). The lowest BCUT2D eigenvalue weighted by molar-refractivity contribution is 0.490. The van der Waals surface area contributed by atoms with Gasteiger partial charge in [0.1, 0.15) is 5.76 Å². The Balaban J connectivity index is 1.96. The minimum Gasteiger partial charge on any atom is -0.467 e. The molecule has 7 heteroatoms. The maximum atomic E-state index is 12.8. The third kappa shape index (κ3) is 2.50. The van der Waals surface area contributed by atoms with Crippen LogP contribution in [0.4, 0.5) is 0 Å². The highest BCUT2D eigenvalue weighted by Gasteiger charge is 2.11. The molecule has 4 aromatic rings. The van der Waals surface area contributed by atoms with Gasteiger partial charge in [-0.2, -0.15) is 0 Å². The van der Waals surface area contributed by atoms with E-state index in [0.717, 1.165) is 0 Å². The van der Waals surface area contributed by atoms with Crippen LogP contribution in [0.15, 0.2) is 63.0 Å². The van der Waals surface area contributed by atoms with Crippen LogP contribution < -0.4 is 16.1 Å². The van der Waals surface area contributed by atoms with E-state index in [-0.39, 0.29) is 11.1 Å². The van der Waals surface area contributed by atoms with E-state index in [1.54, 1.807) is 66.6 Å². The second kappa shape index (κ2) is 5.62. The first-order valence-corrected chi connectivity index (χ1v) is 7.80. The zero-order valence-electron chi connectivity index (χ0n) is 13.8. The van der Waals surface area contributed by atoms with E-state index in [0.29, 0.717) is 34.1 Å². The molecule has 25 heavy (non-hydrogen) atoms. The first-order valence-electron chi connectivity index (χ1n) is 7.80. The molecular weight excluding hydrogens is 320 g/mol. The highest BCUT2D eigenvalue weighted by atomic mass is 16.3. The topological polar surface area (TPSA) is 73.3 Å². The van der Waals surface area contributed by atoms with E-state index < -0.39 is 0 Å². The molecule has 0 N–H and O–H groups in total. The quantitative estimate of drug-likeness (QED) is 0.531. The van der Waals surface area contributed by atoms with Crippen molar-refractivity contribution in [2.45, 2.75) is 6.54 Å². The first-order chi connectivity index (χ1) is 12.0. The maximum Gasteiger partial charge on any atom is 0.278 e. The number of hydrogen-bond acceptors (Lipinski definition) is 5. The van der Waals surface area contributed by atoms with Gasteiger partial charge in [0.25, 0.3) is 11.1 Å². The number of rotatable bonds is 3. The van der Waals surface area contributed by atoms with Gasteiger partial charge >= 0.3 is 0 Å². The number of fused-ring (bicyclic) bond motifs is 2. The molecule has 0 radical (unpaired) electrons. The van der Waals surface area contributed by atoms with Crippen molar-refractivity contribution in [3.63, 3.8) is 0 Å². The lowest BCUT2D eigenvalue weighted by Gasteiger charge is -2.16. The molecule has 4 aromatic heterocycles. The van der Waals surface area contributed by atoms with Gasteiger partial charge in [0.15, 0.2) is 0 Å². The summed E-state index contributed by atoms with van der Waals surface area (Å²) in [7, 11) is 3.55. The molecule has 0 aliphatic rings. The summed E-state index contributed by atoms with van der Waals surface area (Å²) < 4.78 is 8.32. The Hall–Kier alpha value is -3.35. The largest absolute Gasteiger partial charge is 0.467 e. The molecule has 0 aromatic carbocycles. The monoisotopic (exact) mass is 336 g/mol. The van der Waals surface area contributed by atoms with Gasteiger partial charge in [-0.15, -0.1) is 0 Å². The molecule has 7 nitrogen and oxygen atoms in total. The molecule has 0 aliphatic heterocycles. The van der Waals surface area contributed by atoms with Crippen LogP contribution in [0.2, 0.25) is 0 Å². The Kier molecular flexibility index (Phi) is 3.42. The fourth-order valence-electron chi connectivity index (χ4n) is 2.86. The van der Waals surface area contributed by atoms with E-state index in [9.17, 15) is 9.59 Å². The molecular formula is C18H16N4O3. The smallest absolute Gasteiger partial charge is 0.278 e. The fraction of sp³-hybridized carbons (Fsp3) is 0.167. The van der Waals surface area contributed by atoms with Crippen LogP contribution in [0.25, 0.3) is 21.8 Å². The van der Waals surface area contributed by atoms with Crippen molar-refractivity contribution in [3.8, 4) is 0 Å². The van der Waals surface area contributed by atoms with Gasteiger partial charge in [-0.1, -0.05) is 0 Å². The molecule has 0 saturated heterocycles. The summed E-state index contributed by atoms with van der Waals surface area (Å²) >= 11 is 0. The molecule has 0 unspecified atom stereocenters. The predicted octanol–water partition coefficient (Wildman–Crippen LogP) is 1.55.